The van der Waals surface area contributed by atoms with Gasteiger partial charge in [-0.1, -0.05) is 0 Å². The van der Waals surface area contributed by atoms with Gasteiger partial charge in [0.05, 0.1) is 12.9 Å². The van der Waals surface area contributed by atoms with E-state index in [1.807, 2.05) is 0 Å². The zero-order chi connectivity index (χ0) is 11.5. The number of carboxylic acids is 1. The minimum absolute atomic E-state index is 0.0286. The normalized spacial score (nSPS) is 25.3. The summed E-state index contributed by atoms with van der Waals surface area (Å²) in [5.74, 6) is -1.46. The topological polar surface area (TPSA) is 80.7 Å². The van der Waals surface area contributed by atoms with Gasteiger partial charge in [-0.25, -0.2) is 0 Å². The second-order valence-electron chi connectivity index (χ2n) is 3.38. The zero-order valence-corrected chi connectivity index (χ0v) is 9.13. The maximum absolute atomic E-state index is 11.5. The zero-order valence-electron chi connectivity index (χ0n) is 8.32. The van der Waals surface area contributed by atoms with E-state index in [9.17, 15) is 14.4 Å². The molecule has 0 saturated carbocycles. The van der Waals surface area contributed by atoms with Gasteiger partial charge in [0.2, 0.25) is 0 Å². The highest BCUT2D eigenvalue weighted by atomic mass is 32.2. The van der Waals surface area contributed by atoms with Crippen molar-refractivity contribution in [1.82, 2.24) is 0 Å². The average molecular weight is 232 g/mol. The summed E-state index contributed by atoms with van der Waals surface area (Å²) in [4.78, 5) is 33.4. The lowest BCUT2D eigenvalue weighted by molar-refractivity contribution is -0.153. The summed E-state index contributed by atoms with van der Waals surface area (Å²) in [5, 5.41) is 9.03. The molecule has 6 heteroatoms. The van der Waals surface area contributed by atoms with Crippen LogP contribution in [-0.2, 0) is 19.1 Å². The number of ether oxygens (including phenoxy) is 1. The van der Waals surface area contributed by atoms with Crippen molar-refractivity contribution in [2.75, 3.05) is 18.6 Å². The minimum atomic E-state index is -1.38. The first-order valence-corrected chi connectivity index (χ1v) is 5.59. The first-order valence-electron chi connectivity index (χ1n) is 4.44. The maximum Gasteiger partial charge on any atom is 0.318 e. The number of hydrogen-bond donors (Lipinski definition) is 1. The molecule has 0 amide bonds. The molecule has 0 spiro atoms. The van der Waals surface area contributed by atoms with Crippen molar-refractivity contribution in [3.63, 3.8) is 0 Å². The lowest BCUT2D eigenvalue weighted by Crippen LogP contribution is -2.39. The van der Waals surface area contributed by atoms with Gasteiger partial charge in [0.1, 0.15) is 5.41 Å². The monoisotopic (exact) mass is 232 g/mol. The van der Waals surface area contributed by atoms with Crippen LogP contribution in [-0.4, -0.2) is 41.4 Å². The molecule has 0 aromatic rings. The molecule has 5 nitrogen and oxygen atoms in total. The van der Waals surface area contributed by atoms with E-state index < -0.39 is 17.4 Å². The van der Waals surface area contributed by atoms with Gasteiger partial charge in [-0.3, -0.25) is 14.4 Å². The molecule has 1 aliphatic rings. The lowest BCUT2D eigenvalue weighted by Gasteiger charge is -2.20. The van der Waals surface area contributed by atoms with Crippen LogP contribution >= 0.6 is 11.8 Å². The van der Waals surface area contributed by atoms with E-state index in [1.54, 1.807) is 0 Å². The standard InChI is InChI=1S/C9H12O5S/c1-14-7(11)2-3-9(8(12)13)5-15-4-6(9)10/h2-5H2,1H3,(H,12,13)/t9-/m0/s1. The van der Waals surface area contributed by atoms with E-state index in [4.69, 9.17) is 5.11 Å². The average Bonchev–Trinajstić information content (AvgIpc) is 2.57. The second-order valence-corrected chi connectivity index (χ2v) is 4.36. The van der Waals surface area contributed by atoms with E-state index in [0.717, 1.165) is 0 Å². The van der Waals surface area contributed by atoms with Crippen molar-refractivity contribution in [2.24, 2.45) is 5.41 Å². The number of esters is 1. The Morgan fingerprint density at radius 1 is 1.60 bits per heavy atom. The Bertz CT molecular complexity index is 301. The fourth-order valence-electron chi connectivity index (χ4n) is 1.45. The highest BCUT2D eigenvalue weighted by molar-refractivity contribution is 8.00. The molecule has 15 heavy (non-hydrogen) atoms. The van der Waals surface area contributed by atoms with Crippen molar-refractivity contribution in [2.45, 2.75) is 12.8 Å². The summed E-state index contributed by atoms with van der Waals surface area (Å²) in [6.45, 7) is 0. The van der Waals surface area contributed by atoms with Crippen LogP contribution < -0.4 is 0 Å². The van der Waals surface area contributed by atoms with Crippen LogP contribution in [0.5, 0.6) is 0 Å². The number of ketones is 1. The van der Waals surface area contributed by atoms with Crippen LogP contribution in [0.3, 0.4) is 0 Å². The molecule has 0 bridgehead atoms. The van der Waals surface area contributed by atoms with Crippen LogP contribution in [0.15, 0.2) is 0 Å². The van der Waals surface area contributed by atoms with Crippen molar-refractivity contribution >= 4 is 29.5 Å². The summed E-state index contributed by atoms with van der Waals surface area (Å²) in [6.07, 6.45) is -0.00403. The van der Waals surface area contributed by atoms with E-state index >= 15 is 0 Å². The minimum Gasteiger partial charge on any atom is -0.480 e. The van der Waals surface area contributed by atoms with Crippen molar-refractivity contribution in [3.8, 4) is 0 Å². The first kappa shape index (κ1) is 12.0. The summed E-state index contributed by atoms with van der Waals surface area (Å²) in [7, 11) is 1.24. The summed E-state index contributed by atoms with van der Waals surface area (Å²) in [6, 6.07) is 0. The van der Waals surface area contributed by atoms with Gasteiger partial charge < -0.3 is 9.84 Å². The van der Waals surface area contributed by atoms with Crippen LogP contribution in [0, 0.1) is 5.41 Å². The molecule has 0 radical (unpaired) electrons. The molecule has 0 aliphatic carbocycles. The van der Waals surface area contributed by atoms with Gasteiger partial charge in [0, 0.05) is 12.2 Å². The number of aliphatic carboxylic acids is 1. The number of rotatable bonds is 4. The Kier molecular flexibility index (Phi) is 3.73. The highest BCUT2D eigenvalue weighted by Crippen LogP contribution is 2.37. The summed E-state index contributed by atoms with van der Waals surface area (Å²) < 4.78 is 4.42. The van der Waals surface area contributed by atoms with Crippen LogP contribution in [0.1, 0.15) is 12.8 Å². The van der Waals surface area contributed by atoms with Gasteiger partial charge in [-0.15, -0.1) is 0 Å². The van der Waals surface area contributed by atoms with Crippen molar-refractivity contribution < 1.29 is 24.2 Å². The molecular formula is C9H12O5S. The Labute approximate surface area is 91.2 Å². The summed E-state index contributed by atoms with van der Waals surface area (Å²) in [5.41, 5.74) is -1.38. The third-order valence-electron chi connectivity index (χ3n) is 2.51. The fraction of sp³-hybridized carbons (Fsp3) is 0.667. The van der Waals surface area contributed by atoms with E-state index in [0.29, 0.717) is 0 Å². The number of carboxylic acid groups (broad SMARTS) is 1. The molecule has 0 aromatic carbocycles. The number of carbonyl (C=O) groups is 3. The number of thioether (sulfide) groups is 1. The fourth-order valence-corrected chi connectivity index (χ4v) is 2.79. The first-order chi connectivity index (χ1) is 7.03. The molecule has 1 aliphatic heterocycles. The third-order valence-corrected chi connectivity index (χ3v) is 3.67. The molecule has 1 heterocycles. The van der Waals surface area contributed by atoms with Gasteiger partial charge in [-0.2, -0.15) is 11.8 Å². The quantitative estimate of drug-likeness (QED) is 0.555. The van der Waals surface area contributed by atoms with Crippen LogP contribution in [0.2, 0.25) is 0 Å². The molecule has 0 unspecified atom stereocenters. The number of carbonyl (C=O) groups excluding carboxylic acids is 2. The SMILES string of the molecule is COC(=O)CC[C@]1(C(=O)O)CSCC1=O. The largest absolute Gasteiger partial charge is 0.480 e. The second kappa shape index (κ2) is 4.65. The molecule has 1 rings (SSSR count). The maximum atomic E-state index is 11.5. The van der Waals surface area contributed by atoms with E-state index in [1.165, 1.54) is 18.9 Å². The van der Waals surface area contributed by atoms with Gasteiger partial charge in [0.15, 0.2) is 5.78 Å². The highest BCUT2D eigenvalue weighted by Gasteiger charge is 2.49. The molecule has 1 fully saturated rings. The molecule has 84 valence electrons. The Morgan fingerprint density at radius 3 is 2.67 bits per heavy atom. The van der Waals surface area contributed by atoms with Gasteiger partial charge in [-0.05, 0) is 6.42 Å². The number of methoxy groups -OCH3 is 1. The molecule has 1 saturated heterocycles. The Balaban J connectivity index is 2.71. The van der Waals surface area contributed by atoms with E-state index in [2.05, 4.69) is 4.74 Å². The predicted octanol–water partition coefficient (Wildman–Crippen LogP) is 0.326. The summed E-state index contributed by atoms with van der Waals surface area (Å²) >= 11 is 1.29. The molecule has 0 aromatic heterocycles. The smallest absolute Gasteiger partial charge is 0.318 e. The Hall–Kier alpha value is -1.04. The predicted molar refractivity (Wildman–Crippen MR) is 53.7 cm³/mol. The molecule has 1 N–H and O–H groups in total. The van der Waals surface area contributed by atoms with Crippen molar-refractivity contribution in [3.05, 3.63) is 0 Å². The van der Waals surface area contributed by atoms with Crippen molar-refractivity contribution in [1.29, 1.82) is 0 Å². The number of Topliss-reactive ketones (excluding diaryl/α,β-unsaturated/α-hetero) is 1. The third kappa shape index (κ3) is 2.31. The molecule has 1 atom stereocenters. The molecular weight excluding hydrogens is 220 g/mol. The Morgan fingerprint density at radius 2 is 2.27 bits per heavy atom. The van der Waals surface area contributed by atoms with E-state index in [-0.39, 0.29) is 30.1 Å². The van der Waals surface area contributed by atoms with Crippen LogP contribution in [0.25, 0.3) is 0 Å². The van der Waals surface area contributed by atoms with Gasteiger partial charge in [0.25, 0.3) is 0 Å². The number of hydrogen-bond acceptors (Lipinski definition) is 5. The van der Waals surface area contributed by atoms with Crippen LogP contribution in [0.4, 0.5) is 0 Å². The lowest BCUT2D eigenvalue weighted by atomic mass is 9.82. The van der Waals surface area contributed by atoms with Gasteiger partial charge >= 0.3 is 11.9 Å².